The van der Waals surface area contributed by atoms with E-state index in [4.69, 9.17) is 4.74 Å². The number of nitrogens with zero attached hydrogens (tertiary/aromatic N) is 2. The summed E-state index contributed by atoms with van der Waals surface area (Å²) < 4.78 is 4.71. The molecule has 3 fully saturated rings. The number of fused-ring (bicyclic) bond motifs is 2. The molecule has 0 radical (unpaired) electrons. The number of rotatable bonds is 3. The summed E-state index contributed by atoms with van der Waals surface area (Å²) in [5.41, 5.74) is 2.09. The topological polar surface area (TPSA) is 128 Å². The average Bonchev–Trinajstić information content (AvgIpc) is 3.40. The smallest absolute Gasteiger partial charge is 0.322 e. The molecule has 4 heterocycles. The number of aliphatic hydroxyl groups is 1. The van der Waals surface area contributed by atoms with E-state index >= 15 is 0 Å². The molecule has 4 amide bonds. The average molecular weight is 483 g/mol. The molecule has 0 aliphatic carbocycles. The molecule has 35 heavy (non-hydrogen) atoms. The standard InChI is InChI=1S/C25H30N4O6/c30-21-13-19(24(33)35-21)26-22(31)20-10-9-17-7-3-4-8-18(23(32)29(17)20)27-25(34)28-12-11-15-5-1-2-6-16(15)14-28/h1-2,5-6,11-12,17-20,24,33H,3-4,7-10,13-14H2,(H,26,31)(H,27,34)/t17-,18-,19?,20-,24?/m0/s1. The summed E-state index contributed by atoms with van der Waals surface area (Å²) >= 11 is 0. The monoisotopic (exact) mass is 482 g/mol. The fraction of sp³-hybridized carbons (Fsp3) is 0.520. The Balaban J connectivity index is 1.27. The number of benzene rings is 1. The first-order valence-corrected chi connectivity index (χ1v) is 12.2. The summed E-state index contributed by atoms with van der Waals surface area (Å²) in [5, 5.41) is 15.4. The SMILES string of the molecule is O=C1CC(NC(=O)[C@@H]2CC[C@@H]3CCCC[C@H](NC(=O)N4C=Cc5ccccc5C4)C(=O)N32)C(O)O1. The van der Waals surface area contributed by atoms with Gasteiger partial charge >= 0.3 is 12.0 Å². The lowest BCUT2D eigenvalue weighted by atomic mass is 9.99. The van der Waals surface area contributed by atoms with E-state index < -0.39 is 36.3 Å². The van der Waals surface area contributed by atoms with Crippen LogP contribution in [-0.4, -0.2) is 69.2 Å². The molecule has 1 aromatic carbocycles. The molecular weight excluding hydrogens is 452 g/mol. The van der Waals surface area contributed by atoms with Crippen molar-refractivity contribution in [2.45, 2.75) is 81.9 Å². The van der Waals surface area contributed by atoms with E-state index in [1.807, 2.05) is 30.3 Å². The van der Waals surface area contributed by atoms with E-state index in [2.05, 4.69) is 10.6 Å². The van der Waals surface area contributed by atoms with Gasteiger partial charge in [0.2, 0.25) is 18.1 Å². The third-order valence-electron chi connectivity index (χ3n) is 7.34. The highest BCUT2D eigenvalue weighted by molar-refractivity contribution is 5.93. The molecule has 5 atom stereocenters. The summed E-state index contributed by atoms with van der Waals surface area (Å²) in [6.45, 7) is 0.418. The molecule has 1 aromatic rings. The van der Waals surface area contributed by atoms with Gasteiger partial charge in [-0.3, -0.25) is 19.3 Å². The predicted molar refractivity (Wildman–Crippen MR) is 124 cm³/mol. The van der Waals surface area contributed by atoms with Crippen molar-refractivity contribution in [2.75, 3.05) is 0 Å². The van der Waals surface area contributed by atoms with Crippen molar-refractivity contribution in [2.24, 2.45) is 0 Å². The maximum atomic E-state index is 13.6. The molecule has 0 spiro atoms. The maximum Gasteiger partial charge on any atom is 0.322 e. The Morgan fingerprint density at radius 3 is 2.63 bits per heavy atom. The highest BCUT2D eigenvalue weighted by atomic mass is 16.6. The van der Waals surface area contributed by atoms with E-state index in [9.17, 15) is 24.3 Å². The van der Waals surface area contributed by atoms with E-state index in [0.717, 1.165) is 30.4 Å². The molecule has 0 bridgehead atoms. The van der Waals surface area contributed by atoms with Crippen LogP contribution in [0.25, 0.3) is 6.08 Å². The Morgan fingerprint density at radius 2 is 1.83 bits per heavy atom. The maximum absolute atomic E-state index is 13.6. The zero-order valence-electron chi connectivity index (χ0n) is 19.4. The molecule has 3 N–H and O–H groups in total. The van der Waals surface area contributed by atoms with Gasteiger partial charge in [0.25, 0.3) is 0 Å². The van der Waals surface area contributed by atoms with Gasteiger partial charge in [-0.25, -0.2) is 4.79 Å². The van der Waals surface area contributed by atoms with Gasteiger partial charge in [-0.15, -0.1) is 0 Å². The second-order valence-corrected chi connectivity index (χ2v) is 9.62. The van der Waals surface area contributed by atoms with Crippen molar-refractivity contribution in [1.29, 1.82) is 0 Å². The number of carbonyl (C=O) groups is 4. The summed E-state index contributed by atoms with van der Waals surface area (Å²) in [6, 6.07) is 5.13. The number of aliphatic hydroxyl groups excluding tert-OH is 1. The van der Waals surface area contributed by atoms with Crippen LogP contribution in [0.3, 0.4) is 0 Å². The number of cyclic esters (lactones) is 1. The van der Waals surface area contributed by atoms with Crippen molar-refractivity contribution < 1.29 is 29.0 Å². The van der Waals surface area contributed by atoms with Crippen LogP contribution in [-0.2, 0) is 25.7 Å². The highest BCUT2D eigenvalue weighted by Crippen LogP contribution is 2.32. The van der Waals surface area contributed by atoms with Crippen molar-refractivity contribution >= 4 is 29.9 Å². The molecule has 0 saturated carbocycles. The second kappa shape index (κ2) is 9.69. The van der Waals surface area contributed by atoms with Crippen LogP contribution in [0.15, 0.2) is 30.5 Å². The molecule has 10 nitrogen and oxygen atoms in total. The first-order valence-electron chi connectivity index (χ1n) is 12.2. The number of carbonyl (C=O) groups excluding carboxylic acids is 4. The largest absolute Gasteiger partial charge is 0.434 e. The van der Waals surface area contributed by atoms with Gasteiger partial charge in [0, 0.05) is 12.2 Å². The van der Waals surface area contributed by atoms with Crippen LogP contribution in [0.5, 0.6) is 0 Å². The molecule has 4 aliphatic rings. The van der Waals surface area contributed by atoms with Crippen molar-refractivity contribution in [3.05, 3.63) is 41.6 Å². The van der Waals surface area contributed by atoms with Crippen LogP contribution < -0.4 is 10.6 Å². The molecule has 0 aromatic heterocycles. The summed E-state index contributed by atoms with van der Waals surface area (Å²) in [4.78, 5) is 54.4. The molecule has 3 saturated heterocycles. The third-order valence-corrected chi connectivity index (χ3v) is 7.34. The lowest BCUT2D eigenvalue weighted by Crippen LogP contribution is -2.58. The number of nitrogens with one attached hydrogen (secondary N) is 2. The van der Waals surface area contributed by atoms with E-state index in [0.29, 0.717) is 25.8 Å². The number of hydrogen-bond acceptors (Lipinski definition) is 6. The van der Waals surface area contributed by atoms with Crippen LogP contribution in [0, 0.1) is 0 Å². The zero-order chi connectivity index (χ0) is 24.5. The van der Waals surface area contributed by atoms with Gasteiger partial charge < -0.3 is 25.4 Å². The van der Waals surface area contributed by atoms with Gasteiger partial charge in [-0.05, 0) is 42.9 Å². The van der Waals surface area contributed by atoms with Crippen LogP contribution in [0.1, 0.15) is 56.1 Å². The minimum atomic E-state index is -1.39. The van der Waals surface area contributed by atoms with Gasteiger partial charge in [0.1, 0.15) is 18.1 Å². The molecular formula is C25H30N4O6. The van der Waals surface area contributed by atoms with Crippen LogP contribution in [0.2, 0.25) is 0 Å². The molecule has 5 rings (SSSR count). The number of ether oxygens (including phenoxy) is 1. The summed E-state index contributed by atoms with van der Waals surface area (Å²) in [5.74, 6) is -1.25. The first-order chi connectivity index (χ1) is 16.9. The normalized spacial score (nSPS) is 30.1. The Labute approximate surface area is 203 Å². The fourth-order valence-electron chi connectivity index (χ4n) is 5.49. The van der Waals surface area contributed by atoms with E-state index in [-0.39, 0.29) is 24.4 Å². The van der Waals surface area contributed by atoms with Crippen LogP contribution in [0.4, 0.5) is 4.79 Å². The summed E-state index contributed by atoms with van der Waals surface area (Å²) in [7, 11) is 0. The molecule has 4 aliphatic heterocycles. The Kier molecular flexibility index (Phi) is 6.46. The van der Waals surface area contributed by atoms with Crippen LogP contribution >= 0.6 is 0 Å². The first kappa shape index (κ1) is 23.3. The molecule has 186 valence electrons. The van der Waals surface area contributed by atoms with Crippen molar-refractivity contribution in [3.8, 4) is 0 Å². The van der Waals surface area contributed by atoms with Gasteiger partial charge in [-0.1, -0.05) is 37.1 Å². The third kappa shape index (κ3) is 4.75. The Bertz CT molecular complexity index is 1060. The zero-order valence-corrected chi connectivity index (χ0v) is 19.4. The Morgan fingerprint density at radius 1 is 1.03 bits per heavy atom. The predicted octanol–water partition coefficient (Wildman–Crippen LogP) is 1.23. The minimum Gasteiger partial charge on any atom is -0.434 e. The van der Waals surface area contributed by atoms with E-state index in [1.165, 1.54) is 0 Å². The van der Waals surface area contributed by atoms with Gasteiger partial charge in [-0.2, -0.15) is 0 Å². The number of amides is 4. The lowest BCUT2D eigenvalue weighted by molar-refractivity contribution is -0.155. The fourth-order valence-corrected chi connectivity index (χ4v) is 5.49. The lowest BCUT2D eigenvalue weighted by Gasteiger charge is -2.36. The number of esters is 1. The minimum absolute atomic E-state index is 0.0777. The van der Waals surface area contributed by atoms with Gasteiger partial charge in [0.15, 0.2) is 0 Å². The summed E-state index contributed by atoms with van der Waals surface area (Å²) in [6.07, 6.45) is 6.29. The van der Waals surface area contributed by atoms with Crippen molar-refractivity contribution in [3.63, 3.8) is 0 Å². The van der Waals surface area contributed by atoms with E-state index in [1.54, 1.807) is 16.0 Å². The number of urea groups is 1. The highest BCUT2D eigenvalue weighted by Gasteiger charge is 2.45. The van der Waals surface area contributed by atoms with Gasteiger partial charge in [0.05, 0.1) is 13.0 Å². The second-order valence-electron chi connectivity index (χ2n) is 9.62. The van der Waals surface area contributed by atoms with Crippen molar-refractivity contribution in [1.82, 2.24) is 20.4 Å². The number of hydrogen-bond donors (Lipinski definition) is 3. The quantitative estimate of drug-likeness (QED) is 0.556. The Hall–Kier alpha value is -3.40. The molecule has 10 heteroatoms. The molecule has 2 unspecified atom stereocenters.